The fourth-order valence-electron chi connectivity index (χ4n) is 5.04. The smallest absolute Gasteiger partial charge is 0.243 e. The predicted molar refractivity (Wildman–Crippen MR) is 120 cm³/mol. The topological polar surface area (TPSA) is 105 Å². The molecule has 2 saturated heterocycles. The van der Waals surface area contributed by atoms with E-state index >= 15 is 0 Å². The lowest BCUT2D eigenvalue weighted by atomic mass is 9.70. The molecule has 1 aliphatic carbocycles. The van der Waals surface area contributed by atoms with Crippen molar-refractivity contribution in [2.24, 2.45) is 5.92 Å². The quantitative estimate of drug-likeness (QED) is 0.633. The second kappa shape index (κ2) is 9.33. The number of carbonyl (C=O) groups excluding carboxylic acids is 2. The molecule has 1 aromatic carbocycles. The van der Waals surface area contributed by atoms with Crippen LogP contribution in [-0.2, 0) is 24.3 Å². The van der Waals surface area contributed by atoms with Crippen LogP contribution in [0.3, 0.4) is 0 Å². The van der Waals surface area contributed by atoms with Crippen LogP contribution in [0.15, 0.2) is 41.8 Å². The minimum absolute atomic E-state index is 0.0580. The highest BCUT2D eigenvalue weighted by molar-refractivity contribution is 7.89. The van der Waals surface area contributed by atoms with Crippen LogP contribution in [0.1, 0.15) is 44.9 Å². The molecule has 0 bridgehead atoms. The van der Waals surface area contributed by atoms with Gasteiger partial charge >= 0.3 is 0 Å². The van der Waals surface area contributed by atoms with Crippen LogP contribution in [0, 0.1) is 5.92 Å². The van der Waals surface area contributed by atoms with Crippen molar-refractivity contribution < 1.29 is 22.7 Å². The summed E-state index contributed by atoms with van der Waals surface area (Å²) in [7, 11) is -3.74. The van der Waals surface area contributed by atoms with Crippen LogP contribution >= 0.6 is 0 Å². The van der Waals surface area contributed by atoms with E-state index in [4.69, 9.17) is 4.74 Å². The zero-order valence-electron chi connectivity index (χ0n) is 18.2. The molecule has 0 radical (unpaired) electrons. The molecule has 2 N–H and O–H groups in total. The van der Waals surface area contributed by atoms with Crippen molar-refractivity contribution in [1.82, 2.24) is 9.62 Å². The van der Waals surface area contributed by atoms with E-state index in [1.54, 1.807) is 28.6 Å². The third-order valence-corrected chi connectivity index (χ3v) is 8.93. The number of nitrogens with zero attached hydrogens (tertiary/aromatic N) is 1. The molecule has 8 nitrogen and oxygen atoms in total. The number of sulfonamides is 1. The van der Waals surface area contributed by atoms with Gasteiger partial charge in [0, 0.05) is 42.9 Å². The fourth-order valence-corrected chi connectivity index (χ4v) is 6.93. The highest BCUT2D eigenvalue weighted by Crippen LogP contribution is 2.47. The first-order chi connectivity index (χ1) is 15.3. The molecule has 9 heteroatoms. The molecule has 2 heterocycles. The summed E-state index contributed by atoms with van der Waals surface area (Å²) in [5.74, 6) is -0.446. The Morgan fingerprint density at radius 2 is 1.94 bits per heavy atom. The van der Waals surface area contributed by atoms with Gasteiger partial charge in [0.2, 0.25) is 21.8 Å². The predicted octanol–water partition coefficient (Wildman–Crippen LogP) is 2.43. The van der Waals surface area contributed by atoms with Crippen LogP contribution in [-0.4, -0.2) is 55.9 Å². The van der Waals surface area contributed by atoms with Crippen molar-refractivity contribution in [2.45, 2.75) is 61.4 Å². The van der Waals surface area contributed by atoms with Gasteiger partial charge in [-0.1, -0.05) is 12.6 Å². The van der Waals surface area contributed by atoms with Gasteiger partial charge in [0.15, 0.2) is 0 Å². The van der Waals surface area contributed by atoms with Crippen molar-refractivity contribution in [3.05, 3.63) is 36.9 Å². The third-order valence-electron chi connectivity index (χ3n) is 6.93. The summed E-state index contributed by atoms with van der Waals surface area (Å²) in [4.78, 5) is 24.5. The molecule has 32 heavy (non-hydrogen) atoms. The van der Waals surface area contributed by atoms with E-state index in [1.807, 2.05) is 0 Å². The van der Waals surface area contributed by atoms with Crippen LogP contribution in [0.4, 0.5) is 5.69 Å². The molecule has 2 aliphatic heterocycles. The van der Waals surface area contributed by atoms with Crippen molar-refractivity contribution in [3.63, 3.8) is 0 Å². The number of carbonyl (C=O) groups is 2. The van der Waals surface area contributed by atoms with E-state index in [2.05, 4.69) is 17.2 Å². The van der Waals surface area contributed by atoms with Crippen molar-refractivity contribution >= 4 is 27.5 Å². The Kier molecular flexibility index (Phi) is 6.69. The number of piperidine rings is 1. The van der Waals surface area contributed by atoms with Crippen molar-refractivity contribution in [3.8, 4) is 0 Å². The molecule has 1 saturated carbocycles. The number of ether oxygens (including phenoxy) is 1. The lowest BCUT2D eigenvalue weighted by Gasteiger charge is -2.54. The average Bonchev–Trinajstić information content (AvgIpc) is 2.78. The summed E-state index contributed by atoms with van der Waals surface area (Å²) in [6.45, 7) is 4.98. The summed E-state index contributed by atoms with van der Waals surface area (Å²) in [5.41, 5.74) is 0.0238. The average molecular weight is 462 g/mol. The summed E-state index contributed by atoms with van der Waals surface area (Å²) in [5, 5.41) is 5.81. The molecule has 2 amide bonds. The minimum Gasteiger partial charge on any atom is -0.381 e. The maximum atomic E-state index is 13.6. The Balaban J connectivity index is 1.50. The molecule has 4 rings (SSSR count). The van der Waals surface area contributed by atoms with Gasteiger partial charge in [-0.05, 0) is 69.2 Å². The molecule has 1 unspecified atom stereocenters. The fraction of sp³-hybridized carbons (Fsp3) is 0.565. The molecule has 1 atom stereocenters. The Morgan fingerprint density at radius 1 is 1.19 bits per heavy atom. The Morgan fingerprint density at radius 3 is 2.59 bits per heavy atom. The number of hydrogen-bond acceptors (Lipinski definition) is 5. The second-order valence-corrected chi connectivity index (χ2v) is 10.8. The van der Waals surface area contributed by atoms with E-state index in [1.165, 1.54) is 6.08 Å². The van der Waals surface area contributed by atoms with Gasteiger partial charge in [-0.25, -0.2) is 8.42 Å². The van der Waals surface area contributed by atoms with Gasteiger partial charge in [-0.2, -0.15) is 4.31 Å². The number of anilines is 1. The second-order valence-electron chi connectivity index (χ2n) is 8.96. The van der Waals surface area contributed by atoms with Gasteiger partial charge in [-0.3, -0.25) is 9.59 Å². The number of nitrogens with one attached hydrogen (secondary N) is 2. The highest BCUT2D eigenvalue weighted by atomic mass is 32.2. The van der Waals surface area contributed by atoms with Crippen LogP contribution < -0.4 is 10.6 Å². The normalized spacial score (nSPS) is 23.8. The van der Waals surface area contributed by atoms with Crippen LogP contribution in [0.5, 0.6) is 0 Å². The van der Waals surface area contributed by atoms with Gasteiger partial charge in [0.05, 0.1) is 4.90 Å². The van der Waals surface area contributed by atoms with E-state index in [0.29, 0.717) is 51.1 Å². The number of amides is 2. The van der Waals surface area contributed by atoms with Gasteiger partial charge in [0.1, 0.15) is 0 Å². The number of hydrogen-bond donors (Lipinski definition) is 2. The summed E-state index contributed by atoms with van der Waals surface area (Å²) >= 11 is 0. The molecule has 3 fully saturated rings. The molecular formula is C23H31N3O5S. The van der Waals surface area contributed by atoms with E-state index in [0.717, 1.165) is 19.3 Å². The zero-order valence-corrected chi connectivity index (χ0v) is 19.0. The Labute approximate surface area is 189 Å². The summed E-state index contributed by atoms with van der Waals surface area (Å²) in [6, 6.07) is 6.45. The van der Waals surface area contributed by atoms with Gasteiger partial charge < -0.3 is 15.4 Å². The Bertz CT molecular complexity index is 983. The summed E-state index contributed by atoms with van der Waals surface area (Å²) in [6.07, 6.45) is 6.28. The maximum absolute atomic E-state index is 13.6. The number of benzene rings is 1. The standard InChI is InChI=1S/C23H31N3O5S/c1-2-21(27)24-19-7-12-26(23(16-19)10-4-11-23)32(29,30)20-6-3-5-18(15-20)25-22(28)17-8-13-31-14-9-17/h2-3,5-6,15,17,19H,1,4,7-14,16H2,(H,24,27)(H,25,28). The highest BCUT2D eigenvalue weighted by Gasteiger charge is 2.51. The maximum Gasteiger partial charge on any atom is 0.243 e. The lowest BCUT2D eigenvalue weighted by molar-refractivity contribution is -0.122. The van der Waals surface area contributed by atoms with Gasteiger partial charge in [-0.15, -0.1) is 0 Å². The molecular weight excluding hydrogens is 430 g/mol. The van der Waals surface area contributed by atoms with E-state index in [9.17, 15) is 18.0 Å². The molecule has 174 valence electrons. The van der Waals surface area contributed by atoms with Crippen LogP contribution in [0.2, 0.25) is 0 Å². The Hall–Kier alpha value is -2.23. The molecule has 1 aromatic rings. The number of rotatable bonds is 6. The monoisotopic (exact) mass is 461 g/mol. The zero-order chi connectivity index (χ0) is 22.8. The van der Waals surface area contributed by atoms with Gasteiger partial charge in [0.25, 0.3) is 0 Å². The summed E-state index contributed by atoms with van der Waals surface area (Å²) < 4.78 is 34.2. The molecule has 0 aromatic heterocycles. The SMILES string of the molecule is C=CC(=O)NC1CCN(S(=O)(=O)c2cccc(NC(=O)C3CCOCC3)c2)C2(CCC2)C1. The van der Waals surface area contributed by atoms with E-state index < -0.39 is 15.6 Å². The minimum atomic E-state index is -3.74. The molecule has 1 spiro atoms. The largest absolute Gasteiger partial charge is 0.381 e. The molecule has 3 aliphatic rings. The van der Waals surface area contributed by atoms with Crippen molar-refractivity contribution in [2.75, 3.05) is 25.1 Å². The third kappa shape index (κ3) is 4.60. The first-order valence-electron chi connectivity index (χ1n) is 11.3. The first kappa shape index (κ1) is 22.9. The van der Waals surface area contributed by atoms with Crippen LogP contribution in [0.25, 0.3) is 0 Å². The van der Waals surface area contributed by atoms with Crippen molar-refractivity contribution in [1.29, 1.82) is 0 Å². The van der Waals surface area contributed by atoms with E-state index in [-0.39, 0.29) is 28.7 Å². The first-order valence-corrected chi connectivity index (χ1v) is 12.7. The lowest BCUT2D eigenvalue weighted by Crippen LogP contribution is -2.63.